The molecular weight excluding hydrogens is 300 g/mol. The molecule has 2 aromatic heterocycles. The Hall–Kier alpha value is -2.67. The summed E-state index contributed by atoms with van der Waals surface area (Å²) in [5, 5.41) is 0. The van der Waals surface area contributed by atoms with Crippen LogP contribution in [0.5, 0.6) is 0 Å². The predicted octanol–water partition coefficient (Wildman–Crippen LogP) is 2.38. The summed E-state index contributed by atoms with van der Waals surface area (Å²) in [5.74, 6) is 1.49. The number of rotatable bonds is 4. The van der Waals surface area contributed by atoms with Crippen LogP contribution in [0, 0.1) is 6.92 Å². The van der Waals surface area contributed by atoms with Gasteiger partial charge in [-0.2, -0.15) is 0 Å². The van der Waals surface area contributed by atoms with Crippen molar-refractivity contribution in [1.29, 1.82) is 0 Å². The number of aryl methyl sites for hydroxylation is 1. The largest absolute Gasteiger partial charge is 0.288 e. The average Bonchev–Trinajstić information content (AvgIpc) is 2.95. The van der Waals surface area contributed by atoms with Gasteiger partial charge < -0.3 is 0 Å². The van der Waals surface area contributed by atoms with Crippen molar-refractivity contribution in [2.75, 3.05) is 4.72 Å². The topological polar surface area (TPSA) is 76.9 Å². The van der Waals surface area contributed by atoms with E-state index in [2.05, 4.69) is 14.7 Å². The van der Waals surface area contributed by atoms with Gasteiger partial charge in [0, 0.05) is 12.4 Å². The molecule has 1 aromatic carbocycles. The lowest BCUT2D eigenvalue weighted by atomic mass is 10.4. The highest BCUT2D eigenvalue weighted by Gasteiger charge is 2.13. The molecule has 0 amide bonds. The van der Waals surface area contributed by atoms with Crippen molar-refractivity contribution in [2.24, 2.45) is 0 Å². The van der Waals surface area contributed by atoms with E-state index in [1.165, 1.54) is 6.20 Å². The second-order valence-corrected chi connectivity index (χ2v) is 6.35. The fraction of sp³-hybridized carbons (Fsp3) is 0.0667. The van der Waals surface area contributed by atoms with Crippen LogP contribution in [-0.2, 0) is 10.0 Å². The fourth-order valence-electron chi connectivity index (χ4n) is 2.02. The lowest BCUT2D eigenvalue weighted by molar-refractivity contribution is 0.601. The summed E-state index contributed by atoms with van der Waals surface area (Å²) in [7, 11) is -3.60. The van der Waals surface area contributed by atoms with Crippen LogP contribution < -0.4 is 4.72 Å². The molecule has 0 aliphatic carbocycles. The fourth-order valence-corrected chi connectivity index (χ4v) is 3.09. The molecule has 0 spiro atoms. The number of benzene rings is 1. The number of hydrogen-bond acceptors (Lipinski definition) is 4. The highest BCUT2D eigenvalue weighted by Crippen LogP contribution is 2.16. The first-order chi connectivity index (χ1) is 10.6. The number of aromatic nitrogens is 3. The van der Waals surface area contributed by atoms with Crippen LogP contribution in [-0.4, -0.2) is 23.0 Å². The third-order valence-electron chi connectivity index (χ3n) is 3.13. The van der Waals surface area contributed by atoms with Gasteiger partial charge in [-0.25, -0.2) is 18.4 Å². The first-order valence-electron chi connectivity index (χ1n) is 6.60. The third-order valence-corrected chi connectivity index (χ3v) is 4.52. The standard InChI is InChI=1S/C15H14N4O2S/c1-12-16-9-10-19(12)15-8-7-13(11-17-15)18-22(20,21)14-5-3-2-4-6-14/h2-11,18H,1H3. The Kier molecular flexibility index (Phi) is 3.64. The van der Waals surface area contributed by atoms with Crippen LogP contribution in [0.1, 0.15) is 5.82 Å². The van der Waals surface area contributed by atoms with E-state index >= 15 is 0 Å². The van der Waals surface area contributed by atoms with Crippen LogP contribution in [0.25, 0.3) is 5.82 Å². The van der Waals surface area contributed by atoms with E-state index in [1.807, 2.05) is 11.5 Å². The van der Waals surface area contributed by atoms with Crippen molar-refractivity contribution in [3.8, 4) is 5.82 Å². The van der Waals surface area contributed by atoms with Crippen LogP contribution in [0.3, 0.4) is 0 Å². The number of pyridine rings is 1. The quantitative estimate of drug-likeness (QED) is 0.802. The summed E-state index contributed by atoms with van der Waals surface area (Å²) in [6.45, 7) is 1.87. The molecule has 3 aromatic rings. The monoisotopic (exact) mass is 314 g/mol. The lowest BCUT2D eigenvalue weighted by Gasteiger charge is -2.09. The molecule has 6 nitrogen and oxygen atoms in total. The van der Waals surface area contributed by atoms with Crippen molar-refractivity contribution in [3.05, 3.63) is 66.9 Å². The summed E-state index contributed by atoms with van der Waals surface area (Å²) in [5.41, 5.74) is 0.408. The Morgan fingerprint density at radius 2 is 1.82 bits per heavy atom. The van der Waals surface area contributed by atoms with E-state index in [1.54, 1.807) is 54.9 Å². The molecule has 3 rings (SSSR count). The number of nitrogens with zero attached hydrogens (tertiary/aromatic N) is 3. The Labute approximate surface area is 128 Å². The highest BCUT2D eigenvalue weighted by molar-refractivity contribution is 7.92. The summed E-state index contributed by atoms with van der Waals surface area (Å²) in [4.78, 5) is 8.59. The molecule has 1 N–H and O–H groups in total. The van der Waals surface area contributed by atoms with E-state index in [0.717, 1.165) is 5.82 Å². The maximum absolute atomic E-state index is 12.2. The van der Waals surface area contributed by atoms with E-state index < -0.39 is 10.0 Å². The number of imidazole rings is 1. The highest BCUT2D eigenvalue weighted by atomic mass is 32.2. The summed E-state index contributed by atoms with van der Waals surface area (Å²) in [6.07, 6.45) is 4.96. The Morgan fingerprint density at radius 3 is 2.41 bits per heavy atom. The van der Waals surface area contributed by atoms with Crippen LogP contribution >= 0.6 is 0 Å². The number of nitrogens with one attached hydrogen (secondary N) is 1. The predicted molar refractivity (Wildman–Crippen MR) is 83.3 cm³/mol. The van der Waals surface area contributed by atoms with Crippen LogP contribution in [0.4, 0.5) is 5.69 Å². The maximum atomic E-state index is 12.2. The van der Waals surface area contributed by atoms with Gasteiger partial charge in [-0.05, 0) is 31.2 Å². The summed E-state index contributed by atoms with van der Waals surface area (Å²) < 4.78 is 28.8. The first-order valence-corrected chi connectivity index (χ1v) is 8.09. The molecule has 7 heteroatoms. The molecule has 0 aliphatic rings. The van der Waals surface area contributed by atoms with Gasteiger partial charge in [-0.1, -0.05) is 18.2 Å². The first kappa shape index (κ1) is 14.3. The molecule has 0 radical (unpaired) electrons. The zero-order valence-corrected chi connectivity index (χ0v) is 12.7. The van der Waals surface area contributed by atoms with Gasteiger partial charge in [0.25, 0.3) is 10.0 Å². The van der Waals surface area contributed by atoms with Gasteiger partial charge in [0.2, 0.25) is 0 Å². The normalized spacial score (nSPS) is 11.3. The van der Waals surface area contributed by atoms with Crippen molar-refractivity contribution in [1.82, 2.24) is 14.5 Å². The van der Waals surface area contributed by atoms with Gasteiger partial charge in [0.05, 0.1) is 16.8 Å². The Balaban J connectivity index is 1.84. The Morgan fingerprint density at radius 1 is 1.05 bits per heavy atom. The maximum Gasteiger partial charge on any atom is 0.261 e. The minimum atomic E-state index is -3.60. The van der Waals surface area contributed by atoms with Gasteiger partial charge in [0.15, 0.2) is 0 Å². The van der Waals surface area contributed by atoms with E-state index in [4.69, 9.17) is 0 Å². The second-order valence-electron chi connectivity index (χ2n) is 4.67. The van der Waals surface area contributed by atoms with Crippen molar-refractivity contribution in [2.45, 2.75) is 11.8 Å². The van der Waals surface area contributed by atoms with Gasteiger partial charge in [0.1, 0.15) is 11.6 Å². The van der Waals surface area contributed by atoms with E-state index in [0.29, 0.717) is 11.5 Å². The molecule has 2 heterocycles. The zero-order chi connectivity index (χ0) is 15.6. The van der Waals surface area contributed by atoms with Crippen molar-refractivity contribution < 1.29 is 8.42 Å². The summed E-state index contributed by atoms with van der Waals surface area (Å²) in [6, 6.07) is 11.6. The molecule has 0 aliphatic heterocycles. The lowest BCUT2D eigenvalue weighted by Crippen LogP contribution is -2.13. The molecule has 112 valence electrons. The SMILES string of the molecule is Cc1nccn1-c1ccc(NS(=O)(=O)c2ccccc2)cn1. The number of sulfonamides is 1. The molecular formula is C15H14N4O2S. The van der Waals surface area contributed by atoms with E-state index in [-0.39, 0.29) is 4.90 Å². The molecule has 0 saturated carbocycles. The number of anilines is 1. The van der Waals surface area contributed by atoms with Crippen molar-refractivity contribution in [3.63, 3.8) is 0 Å². The van der Waals surface area contributed by atoms with Gasteiger partial charge in [-0.3, -0.25) is 9.29 Å². The minimum Gasteiger partial charge on any atom is -0.288 e. The molecule has 0 fully saturated rings. The van der Waals surface area contributed by atoms with Crippen LogP contribution in [0.15, 0.2) is 66.0 Å². The van der Waals surface area contributed by atoms with Crippen LogP contribution in [0.2, 0.25) is 0 Å². The molecule has 0 bridgehead atoms. The average molecular weight is 314 g/mol. The molecule has 0 atom stereocenters. The molecule has 22 heavy (non-hydrogen) atoms. The van der Waals surface area contributed by atoms with Crippen molar-refractivity contribution >= 4 is 15.7 Å². The molecule has 0 saturated heterocycles. The zero-order valence-electron chi connectivity index (χ0n) is 11.8. The Bertz CT molecular complexity index is 871. The van der Waals surface area contributed by atoms with Gasteiger partial charge >= 0.3 is 0 Å². The third kappa shape index (κ3) is 2.84. The smallest absolute Gasteiger partial charge is 0.261 e. The second kappa shape index (κ2) is 5.61. The van der Waals surface area contributed by atoms with Gasteiger partial charge in [-0.15, -0.1) is 0 Å². The number of hydrogen-bond donors (Lipinski definition) is 1. The molecule has 0 unspecified atom stereocenters. The minimum absolute atomic E-state index is 0.213. The van der Waals surface area contributed by atoms with E-state index in [9.17, 15) is 8.42 Å². The summed E-state index contributed by atoms with van der Waals surface area (Å²) >= 11 is 0.